The lowest BCUT2D eigenvalue weighted by Crippen LogP contribution is -2.35. The molecule has 0 aliphatic carbocycles. The molecule has 1 saturated heterocycles. The fourth-order valence-electron chi connectivity index (χ4n) is 4.15. The predicted octanol–water partition coefficient (Wildman–Crippen LogP) is 3.42. The predicted molar refractivity (Wildman–Crippen MR) is 125 cm³/mol. The largest absolute Gasteiger partial charge is 0.383 e. The van der Waals surface area contributed by atoms with E-state index in [1.54, 1.807) is 0 Å². The molecule has 2 amide bonds. The molecule has 172 valence electrons. The molecule has 0 radical (unpaired) electrons. The Labute approximate surface area is 191 Å². The van der Waals surface area contributed by atoms with Gasteiger partial charge in [0.05, 0.1) is 23.6 Å². The van der Waals surface area contributed by atoms with Crippen LogP contribution in [0.1, 0.15) is 24.8 Å². The minimum absolute atomic E-state index is 0.0878. The first-order valence-electron chi connectivity index (χ1n) is 11.0. The highest BCUT2D eigenvalue weighted by Gasteiger charge is 2.39. The van der Waals surface area contributed by atoms with Crippen molar-refractivity contribution in [2.24, 2.45) is 0 Å². The average Bonchev–Trinajstić information content (AvgIpc) is 3.07. The van der Waals surface area contributed by atoms with Gasteiger partial charge in [0.25, 0.3) is 17.5 Å². The fraction of sp³-hybridized carbons (Fsp3) is 0.333. The standard InChI is InChI=1S/C24H26N4O5/c1-33-16-15-27-23(29)21(17-5-9-20(10-6-17)28(31)32)22(24(27)30)25-18-7-11-19(12-8-18)26-13-3-2-4-14-26/h5-12,25H,2-4,13-16H2,1H3. The summed E-state index contributed by atoms with van der Waals surface area (Å²) in [6.45, 7) is 2.39. The van der Waals surface area contributed by atoms with E-state index in [4.69, 9.17) is 4.74 Å². The summed E-state index contributed by atoms with van der Waals surface area (Å²) in [6.07, 6.45) is 3.62. The van der Waals surface area contributed by atoms with E-state index in [9.17, 15) is 19.7 Å². The Bertz CT molecular complexity index is 1070. The summed E-state index contributed by atoms with van der Waals surface area (Å²) in [5.74, 6) is -0.913. The number of piperidine rings is 1. The maximum Gasteiger partial charge on any atom is 0.278 e. The molecule has 4 rings (SSSR count). The molecule has 0 aromatic heterocycles. The summed E-state index contributed by atoms with van der Waals surface area (Å²) in [4.78, 5) is 40.2. The van der Waals surface area contributed by atoms with Crippen molar-refractivity contribution in [3.05, 3.63) is 69.9 Å². The van der Waals surface area contributed by atoms with Gasteiger partial charge in [-0.25, -0.2) is 0 Å². The molecule has 2 aromatic carbocycles. The van der Waals surface area contributed by atoms with E-state index in [0.717, 1.165) is 23.7 Å². The number of methoxy groups -OCH3 is 1. The molecular formula is C24H26N4O5. The lowest BCUT2D eigenvalue weighted by molar-refractivity contribution is -0.384. The third-order valence-electron chi connectivity index (χ3n) is 5.91. The highest BCUT2D eigenvalue weighted by Crippen LogP contribution is 2.32. The van der Waals surface area contributed by atoms with Gasteiger partial charge in [-0.3, -0.25) is 24.6 Å². The van der Waals surface area contributed by atoms with Crippen LogP contribution in [-0.2, 0) is 14.3 Å². The molecule has 2 aliphatic rings. The maximum atomic E-state index is 13.1. The van der Waals surface area contributed by atoms with Crippen molar-refractivity contribution in [3.63, 3.8) is 0 Å². The Morgan fingerprint density at radius 3 is 2.24 bits per heavy atom. The molecule has 0 unspecified atom stereocenters. The molecule has 9 nitrogen and oxygen atoms in total. The second-order valence-electron chi connectivity index (χ2n) is 8.03. The van der Waals surface area contributed by atoms with E-state index in [2.05, 4.69) is 10.2 Å². The Morgan fingerprint density at radius 1 is 0.970 bits per heavy atom. The zero-order valence-corrected chi connectivity index (χ0v) is 18.5. The van der Waals surface area contributed by atoms with Gasteiger partial charge in [0.1, 0.15) is 5.70 Å². The normalized spacial score (nSPS) is 16.5. The summed E-state index contributed by atoms with van der Waals surface area (Å²) in [5, 5.41) is 14.1. The van der Waals surface area contributed by atoms with E-state index in [1.165, 1.54) is 50.6 Å². The molecule has 33 heavy (non-hydrogen) atoms. The number of non-ortho nitro benzene ring substituents is 1. The van der Waals surface area contributed by atoms with Crippen molar-refractivity contribution in [1.82, 2.24) is 4.90 Å². The van der Waals surface area contributed by atoms with Crippen LogP contribution in [0.4, 0.5) is 17.1 Å². The smallest absolute Gasteiger partial charge is 0.278 e. The highest BCUT2D eigenvalue weighted by molar-refractivity contribution is 6.36. The van der Waals surface area contributed by atoms with Gasteiger partial charge >= 0.3 is 0 Å². The number of nitro groups is 1. The molecule has 0 bridgehead atoms. The molecule has 0 spiro atoms. The van der Waals surface area contributed by atoms with Gasteiger partial charge in [0.15, 0.2) is 0 Å². The first-order valence-corrected chi connectivity index (χ1v) is 11.0. The zero-order chi connectivity index (χ0) is 23.4. The number of carbonyl (C=O) groups is 2. The van der Waals surface area contributed by atoms with Crippen LogP contribution in [0.5, 0.6) is 0 Å². The van der Waals surface area contributed by atoms with Gasteiger partial charge in [-0.15, -0.1) is 0 Å². The number of ether oxygens (including phenoxy) is 1. The average molecular weight is 450 g/mol. The highest BCUT2D eigenvalue weighted by atomic mass is 16.6. The van der Waals surface area contributed by atoms with E-state index in [1.807, 2.05) is 24.3 Å². The molecule has 0 saturated carbocycles. The zero-order valence-electron chi connectivity index (χ0n) is 18.5. The number of rotatable bonds is 8. The van der Waals surface area contributed by atoms with Crippen LogP contribution >= 0.6 is 0 Å². The Balaban J connectivity index is 1.64. The second-order valence-corrected chi connectivity index (χ2v) is 8.03. The molecule has 2 aliphatic heterocycles. The molecular weight excluding hydrogens is 424 g/mol. The summed E-state index contributed by atoms with van der Waals surface area (Å²) in [7, 11) is 1.50. The van der Waals surface area contributed by atoms with Crippen molar-refractivity contribution in [1.29, 1.82) is 0 Å². The Hall–Kier alpha value is -3.72. The number of nitrogens with one attached hydrogen (secondary N) is 1. The molecule has 1 fully saturated rings. The summed E-state index contributed by atoms with van der Waals surface area (Å²) < 4.78 is 5.04. The number of carbonyl (C=O) groups excluding carboxylic acids is 2. The van der Waals surface area contributed by atoms with Crippen LogP contribution in [0.3, 0.4) is 0 Å². The number of benzene rings is 2. The van der Waals surface area contributed by atoms with Gasteiger partial charge in [0, 0.05) is 43.7 Å². The number of anilines is 2. The van der Waals surface area contributed by atoms with Gasteiger partial charge in [-0.1, -0.05) is 0 Å². The summed E-state index contributed by atoms with van der Waals surface area (Å²) in [5.41, 5.74) is 2.49. The molecule has 1 N–H and O–H groups in total. The van der Waals surface area contributed by atoms with Crippen LogP contribution in [0, 0.1) is 10.1 Å². The molecule has 2 aromatic rings. The van der Waals surface area contributed by atoms with Gasteiger partial charge in [-0.2, -0.15) is 0 Å². The van der Waals surface area contributed by atoms with Crippen LogP contribution in [0.15, 0.2) is 54.2 Å². The number of amides is 2. The van der Waals surface area contributed by atoms with Crippen LogP contribution in [0.25, 0.3) is 5.57 Å². The van der Waals surface area contributed by atoms with E-state index in [-0.39, 0.29) is 30.1 Å². The first kappa shape index (κ1) is 22.5. The quantitative estimate of drug-likeness (QED) is 0.373. The second kappa shape index (κ2) is 9.83. The van der Waals surface area contributed by atoms with E-state index < -0.39 is 16.7 Å². The Morgan fingerprint density at radius 2 is 1.64 bits per heavy atom. The van der Waals surface area contributed by atoms with Crippen molar-refractivity contribution >= 4 is 34.4 Å². The minimum Gasteiger partial charge on any atom is -0.383 e. The van der Waals surface area contributed by atoms with Gasteiger partial charge in [-0.05, 0) is 61.2 Å². The number of hydrogen-bond donors (Lipinski definition) is 1. The van der Waals surface area contributed by atoms with Gasteiger partial charge in [0.2, 0.25) is 0 Å². The van der Waals surface area contributed by atoms with Crippen LogP contribution in [0.2, 0.25) is 0 Å². The molecule has 0 atom stereocenters. The monoisotopic (exact) mass is 450 g/mol. The van der Waals surface area contributed by atoms with Crippen LogP contribution < -0.4 is 10.2 Å². The van der Waals surface area contributed by atoms with E-state index in [0.29, 0.717) is 11.3 Å². The topological polar surface area (TPSA) is 105 Å². The number of nitrogens with zero attached hydrogens (tertiary/aromatic N) is 3. The van der Waals surface area contributed by atoms with Crippen molar-refractivity contribution in [2.75, 3.05) is 43.6 Å². The molecule has 9 heteroatoms. The maximum absolute atomic E-state index is 13.1. The van der Waals surface area contributed by atoms with E-state index >= 15 is 0 Å². The Kier molecular flexibility index (Phi) is 6.69. The number of hydrogen-bond acceptors (Lipinski definition) is 7. The lowest BCUT2D eigenvalue weighted by atomic mass is 10.0. The third kappa shape index (κ3) is 4.73. The number of nitro benzene ring substituents is 1. The summed E-state index contributed by atoms with van der Waals surface area (Å²) in [6, 6.07) is 13.4. The third-order valence-corrected chi connectivity index (χ3v) is 5.91. The minimum atomic E-state index is -0.506. The number of imide groups is 1. The first-order chi connectivity index (χ1) is 16.0. The van der Waals surface area contributed by atoms with Crippen molar-refractivity contribution in [3.8, 4) is 0 Å². The lowest BCUT2D eigenvalue weighted by Gasteiger charge is -2.28. The van der Waals surface area contributed by atoms with Crippen molar-refractivity contribution < 1.29 is 19.2 Å². The van der Waals surface area contributed by atoms with Crippen molar-refractivity contribution in [2.45, 2.75) is 19.3 Å². The van der Waals surface area contributed by atoms with Gasteiger partial charge < -0.3 is 15.0 Å². The summed E-state index contributed by atoms with van der Waals surface area (Å²) >= 11 is 0. The van der Waals surface area contributed by atoms with Crippen LogP contribution in [-0.4, -0.2) is 55.0 Å². The SMILES string of the molecule is COCCN1C(=O)C(Nc2ccc(N3CCCCC3)cc2)=C(c2ccc([N+](=O)[O-])cc2)C1=O. The molecule has 2 heterocycles. The fourth-order valence-corrected chi connectivity index (χ4v) is 4.15.